The maximum Gasteiger partial charge on any atom is 0.319 e. The molecule has 1 aromatic rings. The van der Waals surface area contributed by atoms with E-state index in [1.807, 2.05) is 27.7 Å². The van der Waals surface area contributed by atoms with Crippen LogP contribution in [0.1, 0.15) is 34.6 Å². The quantitative estimate of drug-likeness (QED) is 0.778. The van der Waals surface area contributed by atoms with Gasteiger partial charge in [0.15, 0.2) is 0 Å². The Bertz CT molecular complexity index is 475. The average molecular weight is 281 g/mol. The van der Waals surface area contributed by atoms with Gasteiger partial charge in [-0.05, 0) is 34.6 Å². The lowest BCUT2D eigenvalue weighted by atomic mass is 10.1. The largest absolute Gasteiger partial charge is 0.350 e. The number of carbonyl (C=O) groups excluding carboxylic acids is 2. The maximum absolute atomic E-state index is 11.8. The van der Waals surface area contributed by atoms with Crippen molar-refractivity contribution in [3.05, 3.63) is 12.4 Å². The predicted molar refractivity (Wildman–Crippen MR) is 77.4 cm³/mol. The van der Waals surface area contributed by atoms with Crippen molar-refractivity contribution in [3.63, 3.8) is 0 Å². The Hall–Kier alpha value is -2.05. The Morgan fingerprint density at radius 1 is 1.40 bits per heavy atom. The van der Waals surface area contributed by atoms with E-state index in [0.717, 1.165) is 6.54 Å². The summed E-state index contributed by atoms with van der Waals surface area (Å²) in [7, 11) is 0. The minimum absolute atomic E-state index is 0.225. The van der Waals surface area contributed by atoms with Crippen LogP contribution in [0.2, 0.25) is 0 Å². The van der Waals surface area contributed by atoms with Crippen LogP contribution in [0.15, 0.2) is 12.4 Å². The summed E-state index contributed by atoms with van der Waals surface area (Å²) in [4.78, 5) is 23.6. The van der Waals surface area contributed by atoms with Crippen molar-refractivity contribution < 1.29 is 9.59 Å². The number of carbonyl (C=O) groups is 2. The standard InChI is InChI=1S/C13H23N5O2/c1-6-18-8-10(7-14-18)16-12(20)15-9(2)11(19)17-13(3,4)5/h7-9H,6H2,1-5H3,(H,17,19)(H2,15,16,20)/t9-/m1/s1. The lowest BCUT2D eigenvalue weighted by molar-refractivity contribution is -0.123. The third-order valence-electron chi connectivity index (χ3n) is 2.45. The van der Waals surface area contributed by atoms with Gasteiger partial charge in [-0.15, -0.1) is 0 Å². The Morgan fingerprint density at radius 2 is 2.05 bits per heavy atom. The highest BCUT2D eigenvalue weighted by atomic mass is 16.2. The third-order valence-corrected chi connectivity index (χ3v) is 2.45. The molecule has 0 unspecified atom stereocenters. The van der Waals surface area contributed by atoms with Crippen LogP contribution in [-0.4, -0.2) is 33.3 Å². The molecule has 1 aromatic heterocycles. The first kappa shape index (κ1) is 16.0. The van der Waals surface area contributed by atoms with Crippen molar-refractivity contribution in [2.75, 3.05) is 5.32 Å². The maximum atomic E-state index is 11.8. The van der Waals surface area contributed by atoms with Crippen LogP contribution in [0.5, 0.6) is 0 Å². The molecule has 1 atom stereocenters. The zero-order valence-electron chi connectivity index (χ0n) is 12.7. The summed E-state index contributed by atoms with van der Waals surface area (Å²) in [6.45, 7) is 9.98. The van der Waals surface area contributed by atoms with E-state index in [-0.39, 0.29) is 11.4 Å². The van der Waals surface area contributed by atoms with Crippen molar-refractivity contribution in [2.24, 2.45) is 0 Å². The molecule has 0 aliphatic rings. The number of aryl methyl sites for hydroxylation is 1. The minimum atomic E-state index is -0.615. The highest BCUT2D eigenvalue weighted by Gasteiger charge is 2.20. The fourth-order valence-electron chi connectivity index (χ4n) is 1.51. The fourth-order valence-corrected chi connectivity index (χ4v) is 1.51. The second kappa shape index (κ2) is 6.40. The second-order valence-corrected chi connectivity index (χ2v) is 5.64. The van der Waals surface area contributed by atoms with Crippen LogP contribution in [0.4, 0.5) is 10.5 Å². The lowest BCUT2D eigenvalue weighted by Gasteiger charge is -2.23. The van der Waals surface area contributed by atoms with E-state index >= 15 is 0 Å². The van der Waals surface area contributed by atoms with Gasteiger partial charge in [-0.1, -0.05) is 0 Å². The van der Waals surface area contributed by atoms with Crippen molar-refractivity contribution in [1.29, 1.82) is 0 Å². The van der Waals surface area contributed by atoms with Gasteiger partial charge in [-0.2, -0.15) is 5.10 Å². The second-order valence-electron chi connectivity index (χ2n) is 5.64. The molecule has 3 amide bonds. The van der Waals surface area contributed by atoms with Gasteiger partial charge < -0.3 is 16.0 Å². The average Bonchev–Trinajstić information content (AvgIpc) is 2.74. The van der Waals surface area contributed by atoms with Gasteiger partial charge in [0, 0.05) is 18.3 Å². The van der Waals surface area contributed by atoms with E-state index in [2.05, 4.69) is 21.0 Å². The minimum Gasteiger partial charge on any atom is -0.350 e. The molecule has 0 aliphatic heterocycles. The number of urea groups is 1. The first-order chi connectivity index (χ1) is 9.21. The summed E-state index contributed by atoms with van der Waals surface area (Å²) in [6.07, 6.45) is 3.28. The summed E-state index contributed by atoms with van der Waals surface area (Å²) in [5, 5.41) is 12.1. The molecule has 0 spiro atoms. The van der Waals surface area contributed by atoms with Gasteiger partial charge in [0.25, 0.3) is 0 Å². The van der Waals surface area contributed by atoms with Gasteiger partial charge in [0.1, 0.15) is 6.04 Å². The molecule has 0 fully saturated rings. The molecule has 112 valence electrons. The number of nitrogens with zero attached hydrogens (tertiary/aromatic N) is 2. The topological polar surface area (TPSA) is 88.0 Å². The number of aromatic nitrogens is 2. The van der Waals surface area contributed by atoms with Crippen LogP contribution < -0.4 is 16.0 Å². The van der Waals surface area contributed by atoms with Crippen LogP contribution in [0.3, 0.4) is 0 Å². The molecule has 0 radical (unpaired) electrons. The van der Waals surface area contributed by atoms with Crippen LogP contribution in [-0.2, 0) is 11.3 Å². The summed E-state index contributed by atoms with van der Waals surface area (Å²) in [5.41, 5.74) is 0.263. The van der Waals surface area contributed by atoms with E-state index in [1.165, 1.54) is 0 Å². The first-order valence-corrected chi connectivity index (χ1v) is 6.63. The summed E-state index contributed by atoms with van der Waals surface area (Å²) in [5.74, 6) is -0.225. The molecule has 0 saturated carbocycles. The van der Waals surface area contributed by atoms with E-state index in [1.54, 1.807) is 24.0 Å². The molecular formula is C13H23N5O2. The molecule has 7 heteroatoms. The molecule has 0 aliphatic carbocycles. The van der Waals surface area contributed by atoms with Gasteiger partial charge in [-0.25, -0.2) is 4.79 Å². The molecule has 1 rings (SSSR count). The van der Waals surface area contributed by atoms with Gasteiger partial charge in [0.2, 0.25) is 5.91 Å². The first-order valence-electron chi connectivity index (χ1n) is 6.63. The third kappa shape index (κ3) is 5.29. The zero-order chi connectivity index (χ0) is 15.3. The molecule has 3 N–H and O–H groups in total. The molecular weight excluding hydrogens is 258 g/mol. The van der Waals surface area contributed by atoms with Crippen molar-refractivity contribution in [1.82, 2.24) is 20.4 Å². The van der Waals surface area contributed by atoms with E-state index in [4.69, 9.17) is 0 Å². The van der Waals surface area contributed by atoms with Gasteiger partial charge in [0.05, 0.1) is 11.9 Å². The van der Waals surface area contributed by atoms with Gasteiger partial charge in [-0.3, -0.25) is 9.48 Å². The van der Waals surface area contributed by atoms with Crippen LogP contribution >= 0.6 is 0 Å². The normalized spacial score (nSPS) is 12.7. The summed E-state index contributed by atoms with van der Waals surface area (Å²) >= 11 is 0. The Balaban J connectivity index is 2.47. The smallest absolute Gasteiger partial charge is 0.319 e. The highest BCUT2D eigenvalue weighted by Crippen LogP contribution is 2.04. The van der Waals surface area contributed by atoms with E-state index in [9.17, 15) is 9.59 Å². The van der Waals surface area contributed by atoms with Crippen molar-refractivity contribution in [3.8, 4) is 0 Å². The zero-order valence-corrected chi connectivity index (χ0v) is 12.7. The molecule has 0 aromatic carbocycles. The monoisotopic (exact) mass is 281 g/mol. The fraction of sp³-hybridized carbons (Fsp3) is 0.615. The summed E-state index contributed by atoms with van der Waals surface area (Å²) in [6, 6.07) is -1.05. The van der Waals surface area contributed by atoms with E-state index in [0.29, 0.717) is 5.69 Å². The lowest BCUT2D eigenvalue weighted by Crippen LogP contribution is -2.51. The van der Waals surface area contributed by atoms with Gasteiger partial charge >= 0.3 is 6.03 Å². The molecule has 20 heavy (non-hydrogen) atoms. The van der Waals surface area contributed by atoms with Crippen LogP contribution in [0.25, 0.3) is 0 Å². The summed E-state index contributed by atoms with van der Waals surface area (Å²) < 4.78 is 1.70. The Morgan fingerprint density at radius 3 is 2.55 bits per heavy atom. The SMILES string of the molecule is CCn1cc(NC(=O)N[C@H](C)C(=O)NC(C)(C)C)cn1. The van der Waals surface area contributed by atoms with Crippen molar-refractivity contribution in [2.45, 2.75) is 52.7 Å². The highest BCUT2D eigenvalue weighted by molar-refractivity contribution is 5.93. The number of hydrogen-bond acceptors (Lipinski definition) is 3. The molecule has 0 bridgehead atoms. The Labute approximate surface area is 119 Å². The number of rotatable bonds is 4. The predicted octanol–water partition coefficient (Wildman–Crippen LogP) is 1.33. The molecule has 7 nitrogen and oxygen atoms in total. The van der Waals surface area contributed by atoms with E-state index < -0.39 is 12.1 Å². The van der Waals surface area contributed by atoms with Crippen LogP contribution in [0, 0.1) is 0 Å². The number of hydrogen-bond donors (Lipinski definition) is 3. The Kier molecular flexibility index (Phi) is 5.12. The number of amides is 3. The molecule has 0 saturated heterocycles. The number of anilines is 1. The van der Waals surface area contributed by atoms with Crippen molar-refractivity contribution >= 4 is 17.6 Å². The molecule has 1 heterocycles. The number of nitrogens with one attached hydrogen (secondary N) is 3.